The van der Waals surface area contributed by atoms with Crippen molar-refractivity contribution in [3.8, 4) is 57.1 Å². The van der Waals surface area contributed by atoms with Gasteiger partial charge in [0.2, 0.25) is 0 Å². The smallest absolute Gasteiger partial charge is 0.142 e. The average molecular weight is 877 g/mol. The Labute approximate surface area is 377 Å². The van der Waals surface area contributed by atoms with E-state index >= 15 is 0 Å². The fourth-order valence-electron chi connectivity index (χ4n) is 7.99. The highest BCUT2D eigenvalue weighted by atomic mass is 32.1. The zero-order valence-electron chi connectivity index (χ0n) is 32.5. The highest BCUT2D eigenvalue weighted by Crippen LogP contribution is 2.42. The van der Waals surface area contributed by atoms with Crippen molar-refractivity contribution < 1.29 is 9.47 Å². The number of nitrogens with zero attached hydrogens (tertiary/aromatic N) is 6. The van der Waals surface area contributed by atoms with E-state index < -0.39 is 0 Å². The summed E-state index contributed by atoms with van der Waals surface area (Å²) in [5.74, 6) is 4.11. The molecule has 0 saturated heterocycles. The fourth-order valence-corrected chi connectivity index (χ4v) is 8.88. The standard InChI is InChI=1S/C50H32N6O2S4/c59-33-13-15-41-35(21-33)37-23-47(61)45(25-43(37)55(41)49-11-1-3-17-51-49)57-31-9-5-7-29(19-31)39-27-54-40(28-53-39)30-8-6-10-32(20-30)58-46-26-44-38(24-48(46)62)36-22-34(60)14-16-42(36)56(44)50-12-2-4-18-52-50/h1-28,59-62H. The highest BCUT2D eigenvalue weighted by Gasteiger charge is 2.19. The molecule has 11 aromatic rings. The lowest BCUT2D eigenvalue weighted by atomic mass is 10.1. The third-order valence-electron chi connectivity index (χ3n) is 10.8. The predicted molar refractivity (Wildman–Crippen MR) is 259 cm³/mol. The minimum absolute atomic E-state index is 0.611. The van der Waals surface area contributed by atoms with Gasteiger partial charge in [0.15, 0.2) is 0 Å². The van der Waals surface area contributed by atoms with Crippen molar-refractivity contribution in [2.45, 2.75) is 19.6 Å². The summed E-state index contributed by atoms with van der Waals surface area (Å²) in [6.45, 7) is 0. The SMILES string of the molecule is Sc1ccc2c(c1)c1cc(S)c(Oc3cccc(-c4cnc(-c5cccc(Oc6cc7c(cc6S)c6cc(S)ccc6n7-c6ccccn6)c5)cn4)c3)cc1n2-c1ccccn1. The second kappa shape index (κ2) is 15.6. The van der Waals surface area contributed by atoms with E-state index in [9.17, 15) is 0 Å². The molecule has 0 spiro atoms. The lowest BCUT2D eigenvalue weighted by Crippen LogP contribution is -1.97. The van der Waals surface area contributed by atoms with Gasteiger partial charge in [-0.05, 0) is 97.1 Å². The summed E-state index contributed by atoms with van der Waals surface area (Å²) in [6.07, 6.45) is 7.12. The molecule has 0 N–H and O–H groups in total. The van der Waals surface area contributed by atoms with Crippen molar-refractivity contribution in [1.29, 1.82) is 0 Å². The number of thiol groups is 4. The molecule has 5 aromatic heterocycles. The molecule has 0 aliphatic carbocycles. The molecule has 12 heteroatoms. The summed E-state index contributed by atoms with van der Waals surface area (Å²) in [4.78, 5) is 22.1. The number of benzene rings is 6. The van der Waals surface area contributed by atoms with Crippen LogP contribution in [0, 0.1) is 0 Å². The molecule has 6 aromatic carbocycles. The van der Waals surface area contributed by atoms with Gasteiger partial charge >= 0.3 is 0 Å². The van der Waals surface area contributed by atoms with Crippen molar-refractivity contribution in [2.24, 2.45) is 0 Å². The maximum Gasteiger partial charge on any atom is 0.142 e. The molecule has 0 fully saturated rings. The van der Waals surface area contributed by atoms with Crippen molar-refractivity contribution in [2.75, 3.05) is 0 Å². The van der Waals surface area contributed by atoms with Crippen molar-refractivity contribution in [3.05, 3.63) is 170 Å². The van der Waals surface area contributed by atoms with Crippen LogP contribution in [0.25, 0.3) is 77.8 Å². The zero-order valence-corrected chi connectivity index (χ0v) is 36.0. The van der Waals surface area contributed by atoms with E-state index in [0.29, 0.717) is 44.2 Å². The topological polar surface area (TPSA) is 79.9 Å². The Balaban J connectivity index is 0.870. The molecular formula is C50H32N6O2S4. The van der Waals surface area contributed by atoms with Gasteiger partial charge in [-0.3, -0.25) is 19.1 Å². The Kier molecular flexibility index (Phi) is 9.65. The van der Waals surface area contributed by atoms with E-state index in [1.165, 1.54) is 0 Å². The summed E-state index contributed by atoms with van der Waals surface area (Å²) >= 11 is 19.0. The second-order valence-electron chi connectivity index (χ2n) is 14.7. The molecule has 0 bridgehead atoms. The van der Waals surface area contributed by atoms with Gasteiger partial charge in [0.05, 0.1) is 45.8 Å². The molecule has 0 amide bonds. The Morgan fingerprint density at radius 2 is 0.839 bits per heavy atom. The van der Waals surface area contributed by atoms with Gasteiger partial charge in [-0.1, -0.05) is 36.4 Å². The van der Waals surface area contributed by atoms with Crippen LogP contribution in [0.1, 0.15) is 0 Å². The highest BCUT2D eigenvalue weighted by molar-refractivity contribution is 7.81. The Morgan fingerprint density at radius 3 is 1.26 bits per heavy atom. The maximum absolute atomic E-state index is 6.53. The first kappa shape index (κ1) is 38.2. The summed E-state index contributed by atoms with van der Waals surface area (Å²) in [5, 5.41) is 4.17. The van der Waals surface area contributed by atoms with Crippen LogP contribution in [0.2, 0.25) is 0 Å². The number of hydrogen-bond donors (Lipinski definition) is 4. The summed E-state index contributed by atoms with van der Waals surface area (Å²) in [7, 11) is 0. The molecule has 0 saturated carbocycles. The van der Waals surface area contributed by atoms with E-state index in [2.05, 4.69) is 68.6 Å². The van der Waals surface area contributed by atoms with E-state index in [1.54, 1.807) is 24.8 Å². The van der Waals surface area contributed by atoms with Crippen LogP contribution in [-0.4, -0.2) is 29.1 Å². The van der Waals surface area contributed by atoms with Crippen LogP contribution < -0.4 is 9.47 Å². The summed E-state index contributed by atoms with van der Waals surface area (Å²) in [6, 6.07) is 47.7. The first-order valence-electron chi connectivity index (χ1n) is 19.6. The largest absolute Gasteiger partial charge is 0.456 e. The van der Waals surface area contributed by atoms with Gasteiger partial charge in [-0.25, -0.2) is 9.97 Å². The number of fused-ring (bicyclic) bond motifs is 6. The molecule has 298 valence electrons. The average Bonchev–Trinajstić information content (AvgIpc) is 3.77. The van der Waals surface area contributed by atoms with E-state index in [4.69, 9.17) is 44.7 Å². The van der Waals surface area contributed by atoms with Gasteiger partial charge < -0.3 is 9.47 Å². The summed E-state index contributed by atoms with van der Waals surface area (Å²) < 4.78 is 17.3. The van der Waals surface area contributed by atoms with Crippen molar-refractivity contribution in [1.82, 2.24) is 29.1 Å². The third kappa shape index (κ3) is 6.91. The summed E-state index contributed by atoms with van der Waals surface area (Å²) in [5.41, 5.74) is 7.04. The Bertz CT molecular complexity index is 3290. The number of hydrogen-bond acceptors (Lipinski definition) is 10. The van der Waals surface area contributed by atoms with E-state index in [0.717, 1.165) is 76.2 Å². The molecule has 5 heterocycles. The predicted octanol–water partition coefficient (Wildman–Crippen LogP) is 13.5. The van der Waals surface area contributed by atoms with Crippen LogP contribution in [0.4, 0.5) is 0 Å². The second-order valence-corrected chi connectivity index (χ2v) is 16.7. The molecule has 11 rings (SSSR count). The van der Waals surface area contributed by atoms with Crippen LogP contribution in [0.3, 0.4) is 0 Å². The van der Waals surface area contributed by atoms with Gasteiger partial charge in [0, 0.05) is 76.8 Å². The van der Waals surface area contributed by atoms with Gasteiger partial charge in [0.25, 0.3) is 0 Å². The van der Waals surface area contributed by atoms with Crippen LogP contribution in [-0.2, 0) is 0 Å². The monoisotopic (exact) mass is 876 g/mol. The quantitative estimate of drug-likeness (QED) is 0.114. The molecular weight excluding hydrogens is 845 g/mol. The molecule has 0 radical (unpaired) electrons. The minimum atomic E-state index is 0.611. The van der Waals surface area contributed by atoms with E-state index in [1.807, 2.05) is 121 Å². The molecule has 0 aliphatic heterocycles. The van der Waals surface area contributed by atoms with Crippen LogP contribution in [0.15, 0.2) is 190 Å². The Hall–Kier alpha value is -6.70. The fraction of sp³-hybridized carbons (Fsp3) is 0. The Morgan fingerprint density at radius 1 is 0.387 bits per heavy atom. The lowest BCUT2D eigenvalue weighted by Gasteiger charge is -2.12. The molecule has 8 nitrogen and oxygen atoms in total. The van der Waals surface area contributed by atoms with Gasteiger partial charge in [0.1, 0.15) is 34.6 Å². The lowest BCUT2D eigenvalue weighted by molar-refractivity contribution is 0.472. The normalized spacial score (nSPS) is 11.5. The first-order chi connectivity index (χ1) is 30.3. The first-order valence-corrected chi connectivity index (χ1v) is 21.4. The van der Waals surface area contributed by atoms with Crippen LogP contribution >= 0.6 is 50.5 Å². The molecule has 0 aliphatic rings. The zero-order chi connectivity index (χ0) is 41.9. The molecule has 0 unspecified atom stereocenters. The van der Waals surface area contributed by atoms with Gasteiger partial charge in [-0.15, -0.1) is 50.5 Å². The number of rotatable bonds is 8. The third-order valence-corrected chi connectivity index (χ3v) is 12.0. The van der Waals surface area contributed by atoms with Crippen molar-refractivity contribution >= 4 is 94.1 Å². The van der Waals surface area contributed by atoms with Crippen molar-refractivity contribution in [3.63, 3.8) is 0 Å². The molecule has 0 atom stereocenters. The molecule has 62 heavy (non-hydrogen) atoms. The van der Waals surface area contributed by atoms with E-state index in [-0.39, 0.29) is 0 Å². The van der Waals surface area contributed by atoms with Gasteiger partial charge in [-0.2, -0.15) is 0 Å². The number of pyridine rings is 2. The maximum atomic E-state index is 6.53. The number of aromatic nitrogens is 6. The van der Waals surface area contributed by atoms with Crippen LogP contribution in [0.5, 0.6) is 23.0 Å². The minimum Gasteiger partial charge on any atom is -0.456 e. The number of ether oxygens (including phenoxy) is 2.